The highest BCUT2D eigenvalue weighted by Crippen LogP contribution is 2.27. The summed E-state index contributed by atoms with van der Waals surface area (Å²) < 4.78 is 2.07. The molecular weight excluding hydrogens is 342 g/mol. The SMILES string of the molecule is CN(C)Cc1nnc([C@@H]2CCCN(C(=O)c3n[nH]c4ccccc34)C2)n1C. The normalized spacial score (nSPS) is 17.8. The van der Waals surface area contributed by atoms with Gasteiger partial charge in [0.05, 0.1) is 12.1 Å². The summed E-state index contributed by atoms with van der Waals surface area (Å²) in [4.78, 5) is 17.1. The van der Waals surface area contributed by atoms with Gasteiger partial charge >= 0.3 is 0 Å². The molecule has 0 spiro atoms. The molecule has 0 radical (unpaired) electrons. The molecule has 0 aliphatic carbocycles. The minimum atomic E-state index is -0.0205. The fraction of sp³-hybridized carbons (Fsp3) is 0.474. The van der Waals surface area contributed by atoms with Gasteiger partial charge in [-0.2, -0.15) is 5.10 Å². The molecule has 8 heteroatoms. The van der Waals surface area contributed by atoms with E-state index >= 15 is 0 Å². The molecule has 0 unspecified atom stereocenters. The first kappa shape index (κ1) is 17.7. The van der Waals surface area contributed by atoms with Crippen molar-refractivity contribution in [2.75, 3.05) is 27.2 Å². The fourth-order valence-corrected chi connectivity index (χ4v) is 3.80. The summed E-state index contributed by atoms with van der Waals surface area (Å²) in [6.45, 7) is 2.14. The highest BCUT2D eigenvalue weighted by Gasteiger charge is 2.30. The Kier molecular flexibility index (Phi) is 4.65. The largest absolute Gasteiger partial charge is 0.337 e. The molecule has 0 bridgehead atoms. The first-order valence-corrected chi connectivity index (χ1v) is 9.30. The minimum Gasteiger partial charge on any atom is -0.337 e. The van der Waals surface area contributed by atoms with E-state index in [2.05, 4.69) is 29.9 Å². The van der Waals surface area contributed by atoms with Crippen molar-refractivity contribution in [2.45, 2.75) is 25.3 Å². The molecule has 1 N–H and O–H groups in total. The van der Waals surface area contributed by atoms with E-state index in [1.54, 1.807) is 0 Å². The van der Waals surface area contributed by atoms with Crippen LogP contribution >= 0.6 is 0 Å². The topological polar surface area (TPSA) is 82.9 Å². The summed E-state index contributed by atoms with van der Waals surface area (Å²) in [6.07, 6.45) is 1.97. The number of aromatic nitrogens is 5. The van der Waals surface area contributed by atoms with Gasteiger partial charge in [-0.25, -0.2) is 0 Å². The Morgan fingerprint density at radius 3 is 2.93 bits per heavy atom. The van der Waals surface area contributed by atoms with Gasteiger partial charge in [0.2, 0.25) is 0 Å². The van der Waals surface area contributed by atoms with Crippen LogP contribution in [-0.4, -0.2) is 67.9 Å². The second kappa shape index (κ2) is 7.11. The molecule has 3 heterocycles. The second-order valence-electron chi connectivity index (χ2n) is 7.48. The van der Waals surface area contributed by atoms with Crippen molar-refractivity contribution < 1.29 is 4.79 Å². The smallest absolute Gasteiger partial charge is 0.275 e. The summed E-state index contributed by atoms with van der Waals surface area (Å²) >= 11 is 0. The number of carbonyl (C=O) groups excluding carboxylic acids is 1. The molecule has 4 rings (SSSR count). The Balaban J connectivity index is 1.55. The molecule has 8 nitrogen and oxygen atoms in total. The number of likely N-dealkylation sites (tertiary alicyclic amines) is 1. The van der Waals surface area contributed by atoms with Gasteiger partial charge in [-0.1, -0.05) is 18.2 Å². The minimum absolute atomic E-state index is 0.0205. The number of hydrogen-bond donors (Lipinski definition) is 1. The lowest BCUT2D eigenvalue weighted by Crippen LogP contribution is -2.40. The third kappa shape index (κ3) is 3.32. The van der Waals surface area contributed by atoms with Crippen LogP contribution < -0.4 is 0 Å². The average molecular weight is 367 g/mol. The lowest BCUT2D eigenvalue weighted by Gasteiger charge is -2.31. The number of carbonyl (C=O) groups is 1. The van der Waals surface area contributed by atoms with Crippen LogP contribution in [0.15, 0.2) is 24.3 Å². The van der Waals surface area contributed by atoms with Crippen LogP contribution in [0.1, 0.15) is 40.9 Å². The molecule has 1 aliphatic rings. The fourth-order valence-electron chi connectivity index (χ4n) is 3.80. The average Bonchev–Trinajstić information content (AvgIpc) is 3.25. The van der Waals surface area contributed by atoms with Crippen LogP contribution in [0.5, 0.6) is 0 Å². The van der Waals surface area contributed by atoms with E-state index < -0.39 is 0 Å². The second-order valence-corrected chi connectivity index (χ2v) is 7.48. The molecule has 1 saturated heterocycles. The Morgan fingerprint density at radius 2 is 2.11 bits per heavy atom. The Morgan fingerprint density at radius 1 is 1.30 bits per heavy atom. The molecule has 1 aromatic carbocycles. The third-order valence-corrected chi connectivity index (χ3v) is 5.20. The summed E-state index contributed by atoms with van der Waals surface area (Å²) in [5.74, 6) is 2.07. The van der Waals surface area contributed by atoms with Crippen LogP contribution in [0, 0.1) is 0 Å². The van der Waals surface area contributed by atoms with Crippen molar-refractivity contribution in [3.05, 3.63) is 41.6 Å². The number of nitrogens with zero attached hydrogens (tertiary/aromatic N) is 6. The number of amides is 1. The quantitative estimate of drug-likeness (QED) is 0.760. The standard InChI is InChI=1S/C19H25N7O/c1-24(2)12-16-21-23-18(25(16)3)13-7-6-10-26(11-13)19(27)17-14-8-4-5-9-15(14)20-22-17/h4-5,8-9,13H,6-7,10-12H2,1-3H3,(H,20,22)/t13-/m1/s1. The third-order valence-electron chi connectivity index (χ3n) is 5.20. The lowest BCUT2D eigenvalue weighted by molar-refractivity contribution is 0.0699. The van der Waals surface area contributed by atoms with Crippen LogP contribution in [0.3, 0.4) is 0 Å². The van der Waals surface area contributed by atoms with Crippen molar-refractivity contribution in [1.82, 2.24) is 34.8 Å². The molecule has 1 fully saturated rings. The number of fused-ring (bicyclic) bond motifs is 1. The lowest BCUT2D eigenvalue weighted by atomic mass is 9.96. The van der Waals surface area contributed by atoms with Gasteiger partial charge in [0.15, 0.2) is 5.69 Å². The number of rotatable bonds is 4. The number of benzene rings is 1. The zero-order chi connectivity index (χ0) is 19.0. The summed E-state index contributed by atoms with van der Waals surface area (Å²) in [6, 6.07) is 7.73. The number of nitrogens with one attached hydrogen (secondary N) is 1. The Hall–Kier alpha value is -2.74. The van der Waals surface area contributed by atoms with E-state index in [9.17, 15) is 4.79 Å². The van der Waals surface area contributed by atoms with E-state index in [1.807, 2.05) is 50.3 Å². The van der Waals surface area contributed by atoms with E-state index in [0.29, 0.717) is 12.2 Å². The summed E-state index contributed by atoms with van der Waals surface area (Å²) in [5.41, 5.74) is 1.38. The van der Waals surface area contributed by atoms with E-state index in [0.717, 1.165) is 48.5 Å². The van der Waals surface area contributed by atoms with Gasteiger partial charge in [0.25, 0.3) is 5.91 Å². The molecular formula is C19H25N7O. The molecule has 2 aromatic heterocycles. The van der Waals surface area contributed by atoms with Crippen LogP contribution in [0.4, 0.5) is 0 Å². The predicted molar refractivity (Wildman–Crippen MR) is 102 cm³/mol. The highest BCUT2D eigenvalue weighted by atomic mass is 16.2. The van der Waals surface area contributed by atoms with Crippen molar-refractivity contribution in [3.8, 4) is 0 Å². The van der Waals surface area contributed by atoms with Gasteiger partial charge in [-0.3, -0.25) is 9.89 Å². The molecule has 1 amide bonds. The number of H-pyrrole nitrogens is 1. The monoisotopic (exact) mass is 367 g/mol. The zero-order valence-corrected chi connectivity index (χ0v) is 16.0. The van der Waals surface area contributed by atoms with E-state index in [4.69, 9.17) is 0 Å². The van der Waals surface area contributed by atoms with Crippen LogP contribution in [0.25, 0.3) is 10.9 Å². The molecule has 1 aliphatic heterocycles. The van der Waals surface area contributed by atoms with Gasteiger partial charge in [0, 0.05) is 31.4 Å². The van der Waals surface area contributed by atoms with Gasteiger partial charge in [-0.05, 0) is 33.0 Å². The highest BCUT2D eigenvalue weighted by molar-refractivity contribution is 6.04. The van der Waals surface area contributed by atoms with Crippen molar-refractivity contribution in [1.29, 1.82) is 0 Å². The maximum Gasteiger partial charge on any atom is 0.275 e. The Bertz CT molecular complexity index is 958. The van der Waals surface area contributed by atoms with Crippen molar-refractivity contribution in [3.63, 3.8) is 0 Å². The van der Waals surface area contributed by atoms with E-state index in [1.165, 1.54) is 0 Å². The molecule has 27 heavy (non-hydrogen) atoms. The van der Waals surface area contributed by atoms with Gasteiger partial charge < -0.3 is 14.4 Å². The van der Waals surface area contributed by atoms with Crippen molar-refractivity contribution >= 4 is 16.8 Å². The zero-order valence-electron chi connectivity index (χ0n) is 16.0. The predicted octanol–water partition coefficient (Wildman–Crippen LogP) is 1.77. The van der Waals surface area contributed by atoms with Gasteiger partial charge in [-0.15, -0.1) is 10.2 Å². The summed E-state index contributed by atoms with van der Waals surface area (Å²) in [7, 11) is 6.04. The Labute approximate surface area is 158 Å². The number of hydrogen-bond acceptors (Lipinski definition) is 5. The maximum absolute atomic E-state index is 13.1. The summed E-state index contributed by atoms with van der Waals surface area (Å²) in [5, 5.41) is 16.9. The molecule has 3 aromatic rings. The first-order chi connectivity index (χ1) is 13.0. The van der Waals surface area contributed by atoms with Crippen molar-refractivity contribution in [2.24, 2.45) is 7.05 Å². The number of aromatic amines is 1. The molecule has 1 atom stereocenters. The molecule has 0 saturated carbocycles. The van der Waals surface area contributed by atoms with Crippen LogP contribution in [0.2, 0.25) is 0 Å². The van der Waals surface area contributed by atoms with E-state index in [-0.39, 0.29) is 11.8 Å². The maximum atomic E-state index is 13.1. The number of piperidine rings is 1. The van der Waals surface area contributed by atoms with Gasteiger partial charge in [0.1, 0.15) is 11.6 Å². The number of para-hydroxylation sites is 1. The molecule has 142 valence electrons. The first-order valence-electron chi connectivity index (χ1n) is 9.30. The van der Waals surface area contributed by atoms with Crippen LogP contribution in [-0.2, 0) is 13.6 Å².